The van der Waals surface area contributed by atoms with Crippen molar-refractivity contribution in [3.8, 4) is 11.5 Å². The van der Waals surface area contributed by atoms with E-state index >= 15 is 0 Å². The number of ether oxygens (including phenoxy) is 2. The van der Waals surface area contributed by atoms with Crippen molar-refractivity contribution in [3.63, 3.8) is 0 Å². The number of aromatic nitrogens is 3. The zero-order chi connectivity index (χ0) is 16.6. The first-order valence-corrected chi connectivity index (χ1v) is 7.71. The van der Waals surface area contributed by atoms with Crippen molar-refractivity contribution in [2.24, 2.45) is 0 Å². The topological polar surface area (TPSA) is 75.2 Å². The summed E-state index contributed by atoms with van der Waals surface area (Å²) in [5, 5.41) is 6.83. The monoisotopic (exact) mass is 366 g/mol. The molecule has 1 aromatic heterocycles. The van der Waals surface area contributed by atoms with Crippen LogP contribution in [0.5, 0.6) is 11.5 Å². The third kappa shape index (κ3) is 3.27. The molecule has 2 aromatic rings. The van der Waals surface area contributed by atoms with E-state index in [9.17, 15) is 13.2 Å². The van der Waals surface area contributed by atoms with Crippen molar-refractivity contribution < 1.29 is 22.6 Å². The Morgan fingerprint density at radius 1 is 1.26 bits per heavy atom. The number of nitrogens with zero attached hydrogens (tertiary/aromatic N) is 3. The van der Waals surface area contributed by atoms with E-state index in [-0.39, 0.29) is 5.16 Å². The summed E-state index contributed by atoms with van der Waals surface area (Å²) < 4.78 is 49.1. The molecule has 3 rings (SSSR count). The highest BCUT2D eigenvalue weighted by molar-refractivity contribution is 7.98. The number of hydrogen-bond donors (Lipinski definition) is 1. The number of benzene rings is 1. The molecule has 0 fully saturated rings. The van der Waals surface area contributed by atoms with Crippen LogP contribution in [0.4, 0.5) is 13.2 Å². The minimum Gasteiger partial charge on any atom is -0.486 e. The first-order valence-electron chi connectivity index (χ1n) is 6.35. The molecule has 0 bridgehead atoms. The molecule has 1 aliphatic heterocycles. The number of hydrogen-bond acceptors (Lipinski definition) is 6. The average Bonchev–Trinajstić information content (AvgIpc) is 2.86. The summed E-state index contributed by atoms with van der Waals surface area (Å²) in [6.45, 7) is 0.823. The lowest BCUT2D eigenvalue weighted by atomic mass is 10.2. The summed E-state index contributed by atoms with van der Waals surface area (Å²) in [5.74, 6) is 5.39. The second kappa shape index (κ2) is 6.00. The molecule has 6 nitrogen and oxygen atoms in total. The zero-order valence-corrected chi connectivity index (χ0v) is 13.0. The van der Waals surface area contributed by atoms with E-state index in [0.29, 0.717) is 40.2 Å². The van der Waals surface area contributed by atoms with Crippen molar-refractivity contribution in [2.45, 2.75) is 17.1 Å². The highest BCUT2D eigenvalue weighted by atomic mass is 35.5. The van der Waals surface area contributed by atoms with Gasteiger partial charge in [0.05, 0.1) is 5.02 Å². The lowest BCUT2D eigenvalue weighted by Gasteiger charge is -2.20. The van der Waals surface area contributed by atoms with Gasteiger partial charge in [-0.1, -0.05) is 23.4 Å². The highest BCUT2D eigenvalue weighted by Gasteiger charge is 2.38. The van der Waals surface area contributed by atoms with Gasteiger partial charge in [-0.25, -0.2) is 4.68 Å². The number of halogens is 4. The first-order chi connectivity index (χ1) is 10.9. The number of fused-ring (bicyclic) bond motifs is 1. The van der Waals surface area contributed by atoms with Crippen LogP contribution in [0.2, 0.25) is 5.02 Å². The standard InChI is InChI=1S/C12H10ClF3N4O2S/c13-7-3-6(4-8-9(7)22-2-1-21-8)5-23-11-19-18-10(20(11)17)12(14,15)16/h3-4H,1-2,5,17H2. The second-order valence-electron chi connectivity index (χ2n) is 4.56. The molecular weight excluding hydrogens is 357 g/mol. The lowest BCUT2D eigenvalue weighted by Crippen LogP contribution is -2.21. The van der Waals surface area contributed by atoms with Crippen LogP contribution in [-0.2, 0) is 11.9 Å². The fraction of sp³-hybridized carbons (Fsp3) is 0.333. The van der Waals surface area contributed by atoms with Gasteiger partial charge in [0.1, 0.15) is 13.2 Å². The van der Waals surface area contributed by atoms with Gasteiger partial charge in [-0.05, 0) is 17.7 Å². The molecule has 0 aliphatic carbocycles. The van der Waals surface area contributed by atoms with E-state index in [1.807, 2.05) is 0 Å². The van der Waals surface area contributed by atoms with E-state index in [4.69, 9.17) is 26.9 Å². The SMILES string of the molecule is Nn1c(SCc2cc(Cl)c3c(c2)OCCO3)nnc1C(F)(F)F. The number of nitrogen functional groups attached to an aromatic ring is 1. The van der Waals surface area contributed by atoms with Crippen molar-refractivity contribution >= 4 is 23.4 Å². The van der Waals surface area contributed by atoms with Crippen LogP contribution in [-0.4, -0.2) is 28.1 Å². The minimum atomic E-state index is -4.65. The summed E-state index contributed by atoms with van der Waals surface area (Å²) in [6.07, 6.45) is -4.65. The molecule has 1 aromatic carbocycles. The minimum absolute atomic E-state index is 0.0525. The Balaban J connectivity index is 1.77. The number of thioether (sulfide) groups is 1. The van der Waals surface area contributed by atoms with Crippen LogP contribution in [0.25, 0.3) is 0 Å². The third-order valence-corrected chi connectivity index (χ3v) is 4.24. The lowest BCUT2D eigenvalue weighted by molar-refractivity contribution is -0.146. The van der Waals surface area contributed by atoms with Crippen molar-refractivity contribution in [1.29, 1.82) is 0 Å². The molecule has 1 aliphatic rings. The van der Waals surface area contributed by atoms with Crippen LogP contribution in [0.3, 0.4) is 0 Å². The van der Waals surface area contributed by atoms with Crippen LogP contribution < -0.4 is 15.3 Å². The Hall–Kier alpha value is -1.81. The largest absolute Gasteiger partial charge is 0.486 e. The van der Waals surface area contributed by atoms with E-state index < -0.39 is 12.0 Å². The van der Waals surface area contributed by atoms with Gasteiger partial charge in [0.2, 0.25) is 5.16 Å². The normalized spacial score (nSPS) is 14.1. The van der Waals surface area contributed by atoms with E-state index in [2.05, 4.69) is 10.2 Å². The van der Waals surface area contributed by atoms with E-state index in [1.54, 1.807) is 12.1 Å². The van der Waals surface area contributed by atoms with E-state index in [0.717, 1.165) is 17.3 Å². The van der Waals surface area contributed by atoms with Gasteiger partial charge >= 0.3 is 6.18 Å². The molecular formula is C12H10ClF3N4O2S. The predicted octanol–water partition coefficient (Wildman–Crippen LogP) is 2.73. The van der Waals surface area contributed by atoms with Crippen LogP contribution in [0, 0.1) is 0 Å². The summed E-state index contributed by atoms with van der Waals surface area (Å²) in [4.78, 5) is 0. The van der Waals surface area contributed by atoms with Crippen LogP contribution in [0.1, 0.15) is 11.4 Å². The number of alkyl halides is 3. The molecule has 0 saturated carbocycles. The zero-order valence-electron chi connectivity index (χ0n) is 11.4. The molecule has 11 heteroatoms. The van der Waals surface area contributed by atoms with Crippen LogP contribution in [0.15, 0.2) is 17.3 Å². The molecule has 0 unspecified atom stereocenters. The predicted molar refractivity (Wildman–Crippen MR) is 77.2 cm³/mol. The van der Waals surface area contributed by atoms with Gasteiger partial charge in [0.25, 0.3) is 5.82 Å². The second-order valence-corrected chi connectivity index (χ2v) is 5.91. The fourth-order valence-electron chi connectivity index (χ4n) is 1.96. The van der Waals surface area contributed by atoms with Crippen LogP contribution >= 0.6 is 23.4 Å². The Morgan fingerprint density at radius 2 is 2.00 bits per heavy atom. The quantitative estimate of drug-likeness (QED) is 0.665. The molecule has 0 saturated heterocycles. The maximum Gasteiger partial charge on any atom is 0.453 e. The van der Waals surface area contributed by atoms with Gasteiger partial charge in [-0.2, -0.15) is 13.2 Å². The van der Waals surface area contributed by atoms with Gasteiger partial charge in [0, 0.05) is 5.75 Å². The van der Waals surface area contributed by atoms with Crippen molar-refractivity contribution in [3.05, 3.63) is 28.5 Å². The van der Waals surface area contributed by atoms with Gasteiger partial charge in [-0.3, -0.25) is 0 Å². The maximum absolute atomic E-state index is 12.6. The summed E-state index contributed by atoms with van der Waals surface area (Å²) in [6, 6.07) is 3.37. The van der Waals surface area contributed by atoms with Crippen molar-refractivity contribution in [2.75, 3.05) is 19.1 Å². The van der Waals surface area contributed by atoms with Crippen molar-refractivity contribution in [1.82, 2.24) is 14.9 Å². The third-order valence-electron chi connectivity index (χ3n) is 2.94. The molecule has 23 heavy (non-hydrogen) atoms. The number of nitrogens with two attached hydrogens (primary N) is 1. The summed E-state index contributed by atoms with van der Waals surface area (Å²) >= 11 is 7.11. The molecule has 0 atom stereocenters. The molecule has 124 valence electrons. The molecule has 0 radical (unpaired) electrons. The van der Waals surface area contributed by atoms with E-state index in [1.165, 1.54) is 0 Å². The Labute approximate surface area is 137 Å². The Kier molecular flexibility index (Phi) is 4.19. The Bertz CT molecular complexity index is 738. The fourth-order valence-corrected chi connectivity index (χ4v) is 3.04. The average molecular weight is 367 g/mol. The molecule has 2 heterocycles. The molecule has 0 spiro atoms. The highest BCUT2D eigenvalue weighted by Crippen LogP contribution is 2.39. The smallest absolute Gasteiger partial charge is 0.453 e. The molecule has 2 N–H and O–H groups in total. The Morgan fingerprint density at radius 3 is 2.70 bits per heavy atom. The molecule has 0 amide bonds. The number of rotatable bonds is 3. The first kappa shape index (κ1) is 16.1. The van der Waals surface area contributed by atoms with Gasteiger partial charge < -0.3 is 15.3 Å². The van der Waals surface area contributed by atoms with Gasteiger partial charge in [0.15, 0.2) is 11.5 Å². The van der Waals surface area contributed by atoms with Gasteiger partial charge in [-0.15, -0.1) is 10.2 Å². The summed E-state index contributed by atoms with van der Waals surface area (Å²) in [5.41, 5.74) is 0.737. The maximum atomic E-state index is 12.6. The summed E-state index contributed by atoms with van der Waals surface area (Å²) in [7, 11) is 0.